The van der Waals surface area contributed by atoms with Gasteiger partial charge in [0.1, 0.15) is 5.82 Å². The number of rotatable bonds is 4. The maximum Gasteiger partial charge on any atom is 0.411 e. The highest BCUT2D eigenvalue weighted by Crippen LogP contribution is 2.23. The van der Waals surface area contributed by atoms with Gasteiger partial charge in [-0.05, 0) is 31.2 Å². The van der Waals surface area contributed by atoms with Crippen molar-refractivity contribution in [3.8, 4) is 0 Å². The molecule has 0 spiro atoms. The van der Waals surface area contributed by atoms with Crippen LogP contribution in [0.1, 0.15) is 6.92 Å². The molecule has 0 fully saturated rings. The fraction of sp³-hybridized carbons (Fsp3) is 0.143. The van der Waals surface area contributed by atoms with Crippen LogP contribution in [-0.4, -0.2) is 17.7 Å². The molecule has 2 aromatic rings. The van der Waals surface area contributed by atoms with Crippen LogP contribution in [-0.2, 0) is 4.74 Å². The van der Waals surface area contributed by atoms with Crippen LogP contribution in [0, 0.1) is 17.5 Å². The number of benzene rings is 1. The minimum absolute atomic E-state index is 0.194. The van der Waals surface area contributed by atoms with Gasteiger partial charge >= 0.3 is 6.09 Å². The van der Waals surface area contributed by atoms with E-state index >= 15 is 0 Å². The number of anilines is 3. The van der Waals surface area contributed by atoms with E-state index in [0.717, 1.165) is 12.1 Å². The lowest BCUT2D eigenvalue weighted by molar-refractivity contribution is 0.168. The molecule has 2 N–H and O–H groups in total. The Labute approximate surface area is 124 Å². The van der Waals surface area contributed by atoms with E-state index in [1.165, 1.54) is 18.3 Å². The zero-order chi connectivity index (χ0) is 16.1. The monoisotopic (exact) mass is 311 g/mol. The average Bonchev–Trinajstić information content (AvgIpc) is 2.50. The molecule has 0 aliphatic carbocycles. The summed E-state index contributed by atoms with van der Waals surface area (Å²) in [6.45, 7) is 1.90. The predicted molar refractivity (Wildman–Crippen MR) is 74.5 cm³/mol. The number of aromatic nitrogens is 1. The normalized spacial score (nSPS) is 10.2. The average molecular weight is 311 g/mol. The van der Waals surface area contributed by atoms with E-state index in [4.69, 9.17) is 4.74 Å². The molecule has 1 amide bonds. The van der Waals surface area contributed by atoms with Gasteiger partial charge < -0.3 is 10.1 Å². The van der Waals surface area contributed by atoms with E-state index < -0.39 is 23.5 Å². The molecule has 1 heterocycles. The number of hydrogen-bond donors (Lipinski definition) is 2. The van der Waals surface area contributed by atoms with Crippen molar-refractivity contribution < 1.29 is 22.7 Å². The molecule has 0 saturated carbocycles. The molecule has 0 aliphatic rings. The van der Waals surface area contributed by atoms with Crippen molar-refractivity contribution >= 4 is 23.3 Å². The summed E-state index contributed by atoms with van der Waals surface area (Å²) in [4.78, 5) is 15.1. The molecule has 1 aromatic carbocycles. The zero-order valence-corrected chi connectivity index (χ0v) is 11.5. The van der Waals surface area contributed by atoms with Crippen LogP contribution in [0.4, 0.5) is 35.2 Å². The number of ether oxygens (including phenoxy) is 1. The quantitative estimate of drug-likeness (QED) is 0.843. The molecule has 22 heavy (non-hydrogen) atoms. The van der Waals surface area contributed by atoms with Gasteiger partial charge in [0.25, 0.3) is 0 Å². The first-order valence-corrected chi connectivity index (χ1v) is 6.31. The molecule has 116 valence electrons. The summed E-state index contributed by atoms with van der Waals surface area (Å²) in [5.41, 5.74) is 0.118. The molecule has 8 heteroatoms. The summed E-state index contributed by atoms with van der Waals surface area (Å²) in [5, 5.41) is 4.94. The molecule has 5 nitrogen and oxygen atoms in total. The Kier molecular flexibility index (Phi) is 4.82. The van der Waals surface area contributed by atoms with Gasteiger partial charge in [0.15, 0.2) is 17.5 Å². The highest BCUT2D eigenvalue weighted by Gasteiger charge is 2.13. The summed E-state index contributed by atoms with van der Waals surface area (Å²) in [6.07, 6.45) is 0.675. The molecule has 0 radical (unpaired) electrons. The lowest BCUT2D eigenvalue weighted by Gasteiger charge is -2.09. The van der Waals surface area contributed by atoms with Gasteiger partial charge in [-0.15, -0.1) is 0 Å². The highest BCUT2D eigenvalue weighted by atomic mass is 19.2. The van der Waals surface area contributed by atoms with Gasteiger partial charge in [-0.1, -0.05) is 0 Å². The number of halogens is 3. The molecule has 0 bridgehead atoms. The SMILES string of the molecule is CCOC(=O)Nc1ccc(Nc2ccc(F)c(F)c2F)nc1. The van der Waals surface area contributed by atoms with Crippen molar-refractivity contribution in [1.29, 1.82) is 0 Å². The number of pyridine rings is 1. The zero-order valence-electron chi connectivity index (χ0n) is 11.5. The third-order valence-electron chi connectivity index (χ3n) is 2.58. The summed E-state index contributed by atoms with van der Waals surface area (Å²) in [7, 11) is 0. The van der Waals surface area contributed by atoms with Crippen molar-refractivity contribution in [2.75, 3.05) is 17.2 Å². The van der Waals surface area contributed by atoms with E-state index in [2.05, 4.69) is 15.6 Å². The Hall–Kier alpha value is -2.77. The number of hydrogen-bond acceptors (Lipinski definition) is 4. The summed E-state index contributed by atoms with van der Waals surface area (Å²) >= 11 is 0. The van der Waals surface area contributed by atoms with E-state index in [9.17, 15) is 18.0 Å². The van der Waals surface area contributed by atoms with E-state index in [0.29, 0.717) is 5.69 Å². The number of nitrogens with one attached hydrogen (secondary N) is 2. The fourth-order valence-electron chi connectivity index (χ4n) is 1.59. The molecule has 0 aliphatic heterocycles. The van der Waals surface area contributed by atoms with Gasteiger partial charge in [0.2, 0.25) is 0 Å². The maximum absolute atomic E-state index is 13.5. The lowest BCUT2D eigenvalue weighted by atomic mass is 10.2. The Morgan fingerprint density at radius 2 is 1.95 bits per heavy atom. The first kappa shape index (κ1) is 15.6. The second-order valence-corrected chi connectivity index (χ2v) is 4.13. The largest absolute Gasteiger partial charge is 0.450 e. The molecule has 2 rings (SSSR count). The van der Waals surface area contributed by atoms with Crippen molar-refractivity contribution in [1.82, 2.24) is 4.98 Å². The van der Waals surface area contributed by atoms with Crippen LogP contribution in [0.3, 0.4) is 0 Å². The smallest absolute Gasteiger partial charge is 0.411 e. The van der Waals surface area contributed by atoms with Gasteiger partial charge in [-0.2, -0.15) is 0 Å². The second kappa shape index (κ2) is 6.79. The first-order valence-electron chi connectivity index (χ1n) is 6.31. The molecule has 1 aromatic heterocycles. The molecule has 0 atom stereocenters. The predicted octanol–water partition coefficient (Wildman–Crippen LogP) is 3.81. The summed E-state index contributed by atoms with van der Waals surface area (Å²) < 4.78 is 44.1. The summed E-state index contributed by atoms with van der Waals surface area (Å²) in [6, 6.07) is 4.78. The standard InChI is InChI=1S/C14H12F3N3O2/c1-2-22-14(21)19-8-3-6-11(18-7-8)20-10-5-4-9(15)12(16)13(10)17/h3-7H,2H2,1H3,(H,18,20)(H,19,21). The topological polar surface area (TPSA) is 63.2 Å². The Bertz CT molecular complexity index is 678. The van der Waals surface area contributed by atoms with Crippen molar-refractivity contribution in [3.63, 3.8) is 0 Å². The Morgan fingerprint density at radius 1 is 1.18 bits per heavy atom. The number of carbonyl (C=O) groups is 1. The lowest BCUT2D eigenvalue weighted by Crippen LogP contribution is -2.13. The van der Waals surface area contributed by atoms with Crippen LogP contribution in [0.25, 0.3) is 0 Å². The van der Waals surface area contributed by atoms with Crippen LogP contribution in [0.2, 0.25) is 0 Å². The third-order valence-corrected chi connectivity index (χ3v) is 2.58. The van der Waals surface area contributed by atoms with Crippen LogP contribution in [0.15, 0.2) is 30.5 Å². The van der Waals surface area contributed by atoms with Gasteiger partial charge in [-0.25, -0.2) is 22.9 Å². The minimum Gasteiger partial charge on any atom is -0.450 e. The summed E-state index contributed by atoms with van der Waals surface area (Å²) in [5.74, 6) is -3.98. The van der Waals surface area contributed by atoms with Gasteiger partial charge in [0.05, 0.1) is 24.2 Å². The van der Waals surface area contributed by atoms with Crippen molar-refractivity contribution in [3.05, 3.63) is 47.9 Å². The maximum atomic E-state index is 13.5. The first-order chi connectivity index (χ1) is 10.5. The molecule has 0 unspecified atom stereocenters. The number of nitrogens with zero attached hydrogens (tertiary/aromatic N) is 1. The van der Waals surface area contributed by atoms with Crippen molar-refractivity contribution in [2.45, 2.75) is 6.92 Å². The number of carbonyl (C=O) groups excluding carboxylic acids is 1. The van der Waals surface area contributed by atoms with Gasteiger partial charge in [0, 0.05) is 0 Å². The van der Waals surface area contributed by atoms with Crippen LogP contribution < -0.4 is 10.6 Å². The molecular formula is C14H12F3N3O2. The van der Waals surface area contributed by atoms with E-state index in [1.807, 2.05) is 0 Å². The van der Waals surface area contributed by atoms with Crippen LogP contribution >= 0.6 is 0 Å². The number of amides is 1. The Morgan fingerprint density at radius 3 is 2.59 bits per heavy atom. The molecule has 0 saturated heterocycles. The van der Waals surface area contributed by atoms with Crippen LogP contribution in [0.5, 0.6) is 0 Å². The van der Waals surface area contributed by atoms with E-state index in [1.54, 1.807) is 6.92 Å². The van der Waals surface area contributed by atoms with Crippen molar-refractivity contribution in [2.24, 2.45) is 0 Å². The minimum atomic E-state index is -1.56. The highest BCUT2D eigenvalue weighted by molar-refractivity contribution is 5.84. The third kappa shape index (κ3) is 3.66. The molecular weight excluding hydrogens is 299 g/mol. The Balaban J connectivity index is 2.09. The van der Waals surface area contributed by atoms with Gasteiger partial charge in [-0.3, -0.25) is 5.32 Å². The fourth-order valence-corrected chi connectivity index (χ4v) is 1.59. The second-order valence-electron chi connectivity index (χ2n) is 4.13. The van der Waals surface area contributed by atoms with E-state index in [-0.39, 0.29) is 18.1 Å².